The van der Waals surface area contributed by atoms with Gasteiger partial charge in [0.25, 0.3) is 0 Å². The highest BCUT2D eigenvalue weighted by molar-refractivity contribution is 5.88. The van der Waals surface area contributed by atoms with Gasteiger partial charge in [-0.1, -0.05) is 17.7 Å². The van der Waals surface area contributed by atoms with Gasteiger partial charge in [0.15, 0.2) is 0 Å². The fourth-order valence-electron chi connectivity index (χ4n) is 2.34. The standard InChI is InChI=1S/C18H25N3O/c1-14-7-9-15(10-8-14)20-18(2,3)17(22)19-12-11-16-6-5-13-21(16)4/h5-10,13,20H,11-12H2,1-4H3,(H,19,22). The van der Waals surface area contributed by atoms with Gasteiger partial charge in [0.2, 0.25) is 5.91 Å². The molecule has 0 bridgehead atoms. The minimum absolute atomic E-state index is 0.00211. The first kappa shape index (κ1) is 16.1. The molecule has 1 aromatic heterocycles. The Morgan fingerprint density at radius 2 is 1.86 bits per heavy atom. The van der Waals surface area contributed by atoms with Crippen LogP contribution in [0.15, 0.2) is 42.6 Å². The summed E-state index contributed by atoms with van der Waals surface area (Å²) in [5, 5.41) is 6.29. The normalized spacial score (nSPS) is 11.3. The Labute approximate surface area is 132 Å². The Morgan fingerprint density at radius 3 is 2.45 bits per heavy atom. The lowest BCUT2D eigenvalue weighted by Crippen LogP contribution is -2.48. The number of rotatable bonds is 6. The highest BCUT2D eigenvalue weighted by Crippen LogP contribution is 2.16. The monoisotopic (exact) mass is 299 g/mol. The van der Waals surface area contributed by atoms with Crippen LogP contribution in [0.3, 0.4) is 0 Å². The first-order chi connectivity index (χ1) is 10.4. The number of anilines is 1. The first-order valence-corrected chi connectivity index (χ1v) is 7.62. The molecule has 0 saturated heterocycles. The third kappa shape index (κ3) is 4.13. The van der Waals surface area contributed by atoms with Crippen LogP contribution in [0.1, 0.15) is 25.1 Å². The van der Waals surface area contributed by atoms with Crippen LogP contribution in [-0.4, -0.2) is 22.6 Å². The predicted octanol–water partition coefficient (Wildman–Crippen LogP) is 2.88. The summed E-state index contributed by atoms with van der Waals surface area (Å²) in [6, 6.07) is 12.1. The lowest BCUT2D eigenvalue weighted by molar-refractivity contribution is -0.124. The molecule has 0 fully saturated rings. The lowest BCUT2D eigenvalue weighted by atomic mass is 10.0. The van der Waals surface area contributed by atoms with E-state index in [9.17, 15) is 4.79 Å². The second-order valence-electron chi connectivity index (χ2n) is 6.23. The molecule has 1 aromatic carbocycles. The number of aromatic nitrogens is 1. The molecular formula is C18H25N3O. The Hall–Kier alpha value is -2.23. The lowest BCUT2D eigenvalue weighted by Gasteiger charge is -2.26. The zero-order chi connectivity index (χ0) is 16.2. The van der Waals surface area contributed by atoms with Crippen LogP contribution in [0.2, 0.25) is 0 Å². The van der Waals surface area contributed by atoms with Crippen molar-refractivity contribution in [3.63, 3.8) is 0 Å². The zero-order valence-corrected chi connectivity index (χ0v) is 13.8. The van der Waals surface area contributed by atoms with Crippen LogP contribution >= 0.6 is 0 Å². The highest BCUT2D eigenvalue weighted by atomic mass is 16.2. The van der Waals surface area contributed by atoms with Crippen LogP contribution in [0, 0.1) is 6.92 Å². The van der Waals surface area contributed by atoms with E-state index in [1.54, 1.807) is 0 Å². The summed E-state index contributed by atoms with van der Waals surface area (Å²) in [4.78, 5) is 12.4. The molecule has 2 N–H and O–H groups in total. The van der Waals surface area contributed by atoms with Gasteiger partial charge in [-0.05, 0) is 45.0 Å². The molecule has 0 radical (unpaired) electrons. The van der Waals surface area contributed by atoms with Gasteiger partial charge < -0.3 is 15.2 Å². The van der Waals surface area contributed by atoms with E-state index in [-0.39, 0.29) is 5.91 Å². The number of carbonyl (C=O) groups is 1. The summed E-state index contributed by atoms with van der Waals surface area (Å²) in [5.74, 6) is 0.00211. The van der Waals surface area contributed by atoms with Gasteiger partial charge in [0.1, 0.15) is 5.54 Å². The van der Waals surface area contributed by atoms with Crippen molar-refractivity contribution < 1.29 is 4.79 Å². The topological polar surface area (TPSA) is 46.1 Å². The molecule has 1 heterocycles. The van der Waals surface area contributed by atoms with E-state index in [0.717, 1.165) is 12.1 Å². The van der Waals surface area contributed by atoms with Gasteiger partial charge in [-0.25, -0.2) is 0 Å². The zero-order valence-electron chi connectivity index (χ0n) is 13.8. The summed E-state index contributed by atoms with van der Waals surface area (Å²) in [5.41, 5.74) is 2.72. The Morgan fingerprint density at radius 1 is 1.18 bits per heavy atom. The van der Waals surface area contributed by atoms with Gasteiger partial charge >= 0.3 is 0 Å². The molecule has 1 amide bonds. The number of hydrogen-bond acceptors (Lipinski definition) is 2. The van der Waals surface area contributed by atoms with E-state index in [2.05, 4.69) is 21.3 Å². The number of carbonyl (C=O) groups excluding carboxylic acids is 1. The summed E-state index contributed by atoms with van der Waals surface area (Å²) < 4.78 is 2.07. The summed E-state index contributed by atoms with van der Waals surface area (Å²) in [6.07, 6.45) is 2.84. The maximum Gasteiger partial charge on any atom is 0.245 e. The van der Waals surface area contributed by atoms with E-state index in [1.807, 2.05) is 64.3 Å². The maximum atomic E-state index is 12.4. The van der Waals surface area contributed by atoms with Gasteiger partial charge in [0, 0.05) is 37.6 Å². The fourth-order valence-corrected chi connectivity index (χ4v) is 2.34. The van der Waals surface area contributed by atoms with Crippen molar-refractivity contribution in [3.8, 4) is 0 Å². The molecular weight excluding hydrogens is 274 g/mol. The molecule has 0 saturated carbocycles. The third-order valence-electron chi connectivity index (χ3n) is 3.79. The number of nitrogens with one attached hydrogen (secondary N) is 2. The molecule has 118 valence electrons. The van der Waals surface area contributed by atoms with Crippen molar-refractivity contribution in [2.24, 2.45) is 7.05 Å². The van der Waals surface area contributed by atoms with E-state index in [1.165, 1.54) is 11.3 Å². The van der Waals surface area contributed by atoms with Crippen LogP contribution in [0.25, 0.3) is 0 Å². The highest BCUT2D eigenvalue weighted by Gasteiger charge is 2.26. The molecule has 22 heavy (non-hydrogen) atoms. The van der Waals surface area contributed by atoms with E-state index >= 15 is 0 Å². The number of hydrogen-bond donors (Lipinski definition) is 2. The number of benzene rings is 1. The van der Waals surface area contributed by atoms with E-state index < -0.39 is 5.54 Å². The molecule has 0 atom stereocenters. The summed E-state index contributed by atoms with van der Waals surface area (Å²) in [7, 11) is 2.01. The van der Waals surface area contributed by atoms with Crippen molar-refractivity contribution in [3.05, 3.63) is 53.9 Å². The van der Waals surface area contributed by atoms with Crippen molar-refractivity contribution in [1.29, 1.82) is 0 Å². The third-order valence-corrected chi connectivity index (χ3v) is 3.79. The van der Waals surface area contributed by atoms with Crippen LogP contribution in [0.4, 0.5) is 5.69 Å². The van der Waals surface area contributed by atoms with Crippen LogP contribution in [-0.2, 0) is 18.3 Å². The molecule has 0 spiro atoms. The van der Waals surface area contributed by atoms with Gasteiger partial charge in [0.05, 0.1) is 0 Å². The van der Waals surface area contributed by atoms with E-state index in [0.29, 0.717) is 6.54 Å². The largest absolute Gasteiger partial charge is 0.372 e. The molecule has 4 nitrogen and oxygen atoms in total. The Bertz CT molecular complexity index is 626. The average molecular weight is 299 g/mol. The Kier molecular flexibility index (Phi) is 4.91. The summed E-state index contributed by atoms with van der Waals surface area (Å²) >= 11 is 0. The first-order valence-electron chi connectivity index (χ1n) is 7.62. The molecule has 0 unspecified atom stereocenters. The number of nitrogens with zero attached hydrogens (tertiary/aromatic N) is 1. The molecule has 2 aromatic rings. The van der Waals surface area contributed by atoms with Crippen molar-refractivity contribution in [1.82, 2.24) is 9.88 Å². The molecule has 2 rings (SSSR count). The minimum Gasteiger partial charge on any atom is -0.372 e. The maximum absolute atomic E-state index is 12.4. The van der Waals surface area contributed by atoms with Crippen molar-refractivity contribution in [2.75, 3.05) is 11.9 Å². The number of aryl methyl sites for hydroxylation is 2. The van der Waals surface area contributed by atoms with Crippen LogP contribution < -0.4 is 10.6 Å². The quantitative estimate of drug-likeness (QED) is 0.861. The second kappa shape index (κ2) is 6.69. The van der Waals surface area contributed by atoms with Gasteiger partial charge in [-0.2, -0.15) is 0 Å². The smallest absolute Gasteiger partial charge is 0.245 e. The molecule has 4 heteroatoms. The second-order valence-corrected chi connectivity index (χ2v) is 6.23. The minimum atomic E-state index is -0.649. The average Bonchev–Trinajstić information content (AvgIpc) is 2.87. The summed E-state index contributed by atoms with van der Waals surface area (Å²) in [6.45, 7) is 6.47. The van der Waals surface area contributed by atoms with Crippen molar-refractivity contribution in [2.45, 2.75) is 32.7 Å². The predicted molar refractivity (Wildman–Crippen MR) is 91.0 cm³/mol. The van der Waals surface area contributed by atoms with E-state index in [4.69, 9.17) is 0 Å². The molecule has 0 aliphatic heterocycles. The SMILES string of the molecule is Cc1ccc(NC(C)(C)C(=O)NCCc2cccn2C)cc1. The fraction of sp³-hybridized carbons (Fsp3) is 0.389. The van der Waals surface area contributed by atoms with Crippen molar-refractivity contribution >= 4 is 11.6 Å². The molecule has 0 aliphatic carbocycles. The number of amides is 1. The molecule has 0 aliphatic rings. The Balaban J connectivity index is 1.87. The van der Waals surface area contributed by atoms with Crippen LogP contribution in [0.5, 0.6) is 0 Å². The van der Waals surface area contributed by atoms with Gasteiger partial charge in [-0.15, -0.1) is 0 Å². The van der Waals surface area contributed by atoms with Gasteiger partial charge in [-0.3, -0.25) is 4.79 Å².